The second kappa shape index (κ2) is 5.19. The SMILES string of the molecule is FC(F)(F)C1CCN(c2ccc3c(c2)CCCN3)CC1. The van der Waals surface area contributed by atoms with Crippen LogP contribution >= 0.6 is 0 Å². The Kier molecular flexibility index (Phi) is 3.52. The van der Waals surface area contributed by atoms with Crippen LogP contribution < -0.4 is 10.2 Å². The van der Waals surface area contributed by atoms with Gasteiger partial charge in [-0.1, -0.05) is 0 Å². The predicted molar refractivity (Wildman–Crippen MR) is 74.2 cm³/mol. The maximum absolute atomic E-state index is 12.7. The van der Waals surface area contributed by atoms with E-state index in [0.717, 1.165) is 25.1 Å². The van der Waals surface area contributed by atoms with Crippen molar-refractivity contribution in [2.24, 2.45) is 5.92 Å². The number of piperidine rings is 1. The van der Waals surface area contributed by atoms with Crippen molar-refractivity contribution < 1.29 is 13.2 Å². The number of rotatable bonds is 1. The number of anilines is 2. The van der Waals surface area contributed by atoms with Crippen molar-refractivity contribution in [1.82, 2.24) is 0 Å². The van der Waals surface area contributed by atoms with E-state index in [2.05, 4.69) is 22.3 Å². The second-order valence-electron chi connectivity index (χ2n) is 5.67. The van der Waals surface area contributed by atoms with E-state index < -0.39 is 12.1 Å². The Morgan fingerprint density at radius 1 is 1.15 bits per heavy atom. The fourth-order valence-corrected chi connectivity index (χ4v) is 3.12. The molecule has 0 aliphatic carbocycles. The normalized spacial score (nSPS) is 20.4. The van der Waals surface area contributed by atoms with Crippen molar-refractivity contribution in [1.29, 1.82) is 0 Å². The summed E-state index contributed by atoms with van der Waals surface area (Å²) in [5.74, 6) is -1.13. The fourth-order valence-electron chi connectivity index (χ4n) is 3.12. The van der Waals surface area contributed by atoms with Crippen LogP contribution in [0.5, 0.6) is 0 Å². The average molecular weight is 284 g/mol. The Balaban J connectivity index is 1.69. The summed E-state index contributed by atoms with van der Waals surface area (Å²) in [4.78, 5) is 2.08. The third kappa shape index (κ3) is 2.72. The van der Waals surface area contributed by atoms with Gasteiger partial charge in [0.2, 0.25) is 0 Å². The van der Waals surface area contributed by atoms with Crippen LogP contribution in [0.3, 0.4) is 0 Å². The zero-order chi connectivity index (χ0) is 14.2. The third-order valence-electron chi connectivity index (χ3n) is 4.35. The molecule has 0 saturated carbocycles. The molecule has 0 atom stereocenters. The maximum Gasteiger partial charge on any atom is 0.391 e. The summed E-state index contributed by atoms with van der Waals surface area (Å²) in [5.41, 5.74) is 3.52. The predicted octanol–water partition coefficient (Wildman–Crippen LogP) is 3.82. The molecule has 2 aliphatic heterocycles. The molecule has 1 fully saturated rings. The number of nitrogens with one attached hydrogen (secondary N) is 1. The molecule has 2 aliphatic rings. The molecule has 2 heterocycles. The Morgan fingerprint density at radius 2 is 1.90 bits per heavy atom. The van der Waals surface area contributed by atoms with E-state index in [1.54, 1.807) is 0 Å². The van der Waals surface area contributed by atoms with Crippen LogP contribution in [0.1, 0.15) is 24.8 Å². The lowest BCUT2D eigenvalue weighted by molar-refractivity contribution is -0.179. The number of hydrogen-bond acceptors (Lipinski definition) is 2. The van der Waals surface area contributed by atoms with Crippen LogP contribution in [-0.2, 0) is 6.42 Å². The zero-order valence-corrected chi connectivity index (χ0v) is 11.3. The highest BCUT2D eigenvalue weighted by Gasteiger charge is 2.41. The summed E-state index contributed by atoms with van der Waals surface area (Å²) in [6, 6.07) is 6.21. The van der Waals surface area contributed by atoms with Crippen molar-refractivity contribution >= 4 is 11.4 Å². The fraction of sp³-hybridized carbons (Fsp3) is 0.600. The molecule has 1 N–H and O–H groups in total. The van der Waals surface area contributed by atoms with E-state index in [1.807, 2.05) is 6.07 Å². The highest BCUT2D eigenvalue weighted by molar-refractivity contribution is 5.61. The highest BCUT2D eigenvalue weighted by atomic mass is 19.4. The van der Waals surface area contributed by atoms with Gasteiger partial charge in [0.05, 0.1) is 5.92 Å². The summed E-state index contributed by atoms with van der Waals surface area (Å²) in [7, 11) is 0. The van der Waals surface area contributed by atoms with E-state index in [0.29, 0.717) is 13.1 Å². The minimum absolute atomic E-state index is 0.207. The number of nitrogens with zero attached hydrogens (tertiary/aromatic N) is 1. The first-order valence-corrected chi connectivity index (χ1v) is 7.22. The van der Waals surface area contributed by atoms with E-state index >= 15 is 0 Å². The van der Waals surface area contributed by atoms with Crippen molar-refractivity contribution in [3.63, 3.8) is 0 Å². The molecule has 0 amide bonds. The molecule has 3 rings (SSSR count). The molecule has 1 saturated heterocycles. The summed E-state index contributed by atoms with van der Waals surface area (Å²) in [5, 5.41) is 3.35. The first-order valence-electron chi connectivity index (χ1n) is 7.22. The van der Waals surface area contributed by atoms with E-state index in [-0.39, 0.29) is 12.8 Å². The monoisotopic (exact) mass is 284 g/mol. The van der Waals surface area contributed by atoms with Crippen molar-refractivity contribution in [3.8, 4) is 0 Å². The van der Waals surface area contributed by atoms with E-state index in [9.17, 15) is 13.2 Å². The van der Waals surface area contributed by atoms with Gasteiger partial charge < -0.3 is 10.2 Å². The molecule has 2 nitrogen and oxygen atoms in total. The molecular formula is C15H19F3N2. The van der Waals surface area contributed by atoms with Crippen LogP contribution in [0.4, 0.5) is 24.5 Å². The van der Waals surface area contributed by atoms with Gasteiger partial charge in [0.15, 0.2) is 0 Å². The van der Waals surface area contributed by atoms with Gasteiger partial charge in [0.25, 0.3) is 0 Å². The maximum atomic E-state index is 12.7. The molecule has 0 unspecified atom stereocenters. The number of benzene rings is 1. The molecular weight excluding hydrogens is 265 g/mol. The first kappa shape index (κ1) is 13.6. The summed E-state index contributed by atoms with van der Waals surface area (Å²) in [6.07, 6.45) is -1.45. The Hall–Kier alpha value is -1.39. The highest BCUT2D eigenvalue weighted by Crippen LogP contribution is 2.36. The average Bonchev–Trinajstić information content (AvgIpc) is 2.46. The standard InChI is InChI=1S/C15H19F3N2/c16-15(17,18)12-5-8-20(9-6-12)13-3-4-14-11(10-13)2-1-7-19-14/h3-4,10,12,19H,1-2,5-9H2. The van der Waals surface area contributed by atoms with Gasteiger partial charge in [-0.05, 0) is 49.4 Å². The van der Waals surface area contributed by atoms with Gasteiger partial charge in [-0.25, -0.2) is 0 Å². The summed E-state index contributed by atoms with van der Waals surface area (Å²) >= 11 is 0. The van der Waals surface area contributed by atoms with Crippen LogP contribution in [0.15, 0.2) is 18.2 Å². The van der Waals surface area contributed by atoms with Crippen LogP contribution in [-0.4, -0.2) is 25.8 Å². The quantitative estimate of drug-likeness (QED) is 0.843. The lowest BCUT2D eigenvalue weighted by Gasteiger charge is -2.35. The first-order chi connectivity index (χ1) is 9.54. The molecule has 0 spiro atoms. The summed E-state index contributed by atoms with van der Waals surface area (Å²) in [6.45, 7) is 2.00. The van der Waals surface area contributed by atoms with Gasteiger partial charge in [-0.2, -0.15) is 13.2 Å². The molecule has 5 heteroatoms. The van der Waals surface area contributed by atoms with Gasteiger partial charge in [-0.15, -0.1) is 0 Å². The lowest BCUT2D eigenvalue weighted by Crippen LogP contribution is -2.39. The second-order valence-corrected chi connectivity index (χ2v) is 5.67. The van der Waals surface area contributed by atoms with Gasteiger partial charge >= 0.3 is 6.18 Å². The molecule has 20 heavy (non-hydrogen) atoms. The third-order valence-corrected chi connectivity index (χ3v) is 4.35. The Labute approximate surface area is 117 Å². The molecule has 110 valence electrons. The molecule has 0 radical (unpaired) electrons. The number of aryl methyl sites for hydroxylation is 1. The molecule has 0 bridgehead atoms. The minimum Gasteiger partial charge on any atom is -0.385 e. The molecule has 1 aromatic carbocycles. The molecule has 1 aromatic rings. The van der Waals surface area contributed by atoms with Crippen molar-refractivity contribution in [3.05, 3.63) is 23.8 Å². The van der Waals surface area contributed by atoms with E-state index in [1.165, 1.54) is 11.3 Å². The Bertz CT molecular complexity index is 476. The topological polar surface area (TPSA) is 15.3 Å². The van der Waals surface area contributed by atoms with Gasteiger partial charge in [0, 0.05) is 31.0 Å². The number of halogens is 3. The van der Waals surface area contributed by atoms with Crippen LogP contribution in [0.25, 0.3) is 0 Å². The molecule has 0 aromatic heterocycles. The van der Waals surface area contributed by atoms with Gasteiger partial charge in [0.1, 0.15) is 0 Å². The minimum atomic E-state index is -4.04. The van der Waals surface area contributed by atoms with Crippen LogP contribution in [0.2, 0.25) is 0 Å². The van der Waals surface area contributed by atoms with Crippen molar-refractivity contribution in [2.75, 3.05) is 29.9 Å². The lowest BCUT2D eigenvalue weighted by atomic mass is 9.95. The van der Waals surface area contributed by atoms with E-state index in [4.69, 9.17) is 0 Å². The largest absolute Gasteiger partial charge is 0.391 e. The Morgan fingerprint density at radius 3 is 2.60 bits per heavy atom. The number of hydrogen-bond donors (Lipinski definition) is 1. The summed E-state index contributed by atoms with van der Waals surface area (Å²) < 4.78 is 38.0. The van der Waals surface area contributed by atoms with Crippen molar-refractivity contribution in [2.45, 2.75) is 31.9 Å². The zero-order valence-electron chi connectivity index (χ0n) is 11.3. The number of fused-ring (bicyclic) bond motifs is 1. The van der Waals surface area contributed by atoms with Crippen LogP contribution in [0, 0.1) is 5.92 Å². The number of alkyl halides is 3. The smallest absolute Gasteiger partial charge is 0.385 e. The van der Waals surface area contributed by atoms with Gasteiger partial charge in [-0.3, -0.25) is 0 Å².